The highest BCUT2D eigenvalue weighted by molar-refractivity contribution is 6.35. The van der Waals surface area contributed by atoms with Gasteiger partial charge in [-0.1, -0.05) is 5.46 Å². The number of piperazine rings is 1. The van der Waals surface area contributed by atoms with Gasteiger partial charge in [0, 0.05) is 50.3 Å². The second-order valence-electron chi connectivity index (χ2n) is 8.44. The van der Waals surface area contributed by atoms with Gasteiger partial charge in [0.05, 0.1) is 17.6 Å². The zero-order valence-corrected chi connectivity index (χ0v) is 18.0. The number of anilines is 1. The summed E-state index contributed by atoms with van der Waals surface area (Å²) in [5.74, 6) is 0.863. The first-order valence-corrected chi connectivity index (χ1v) is 10.2. The molecule has 0 atom stereocenters. The minimum atomic E-state index is -0.487. The number of carbonyl (C=O) groups excluding carboxylic acids is 1. The van der Waals surface area contributed by atoms with Crippen LogP contribution in [0.3, 0.4) is 0 Å². The Balaban J connectivity index is 1.41. The topological polar surface area (TPSA) is 76.4 Å². The maximum Gasteiger partial charge on any atom is 0.410 e. The lowest BCUT2D eigenvalue weighted by molar-refractivity contribution is 0.0240. The quantitative estimate of drug-likeness (QED) is 0.610. The van der Waals surface area contributed by atoms with E-state index in [1.54, 1.807) is 34.4 Å². The Labute approximate surface area is 183 Å². The molecular weight excluding hydrogens is 391 g/mol. The van der Waals surface area contributed by atoms with Crippen molar-refractivity contribution in [3.05, 3.63) is 49.1 Å². The average Bonchev–Trinajstić information content (AvgIpc) is 3.15. The minimum absolute atomic E-state index is 0.267. The van der Waals surface area contributed by atoms with Gasteiger partial charge < -0.3 is 14.5 Å². The molecular formula is C22H25BN6O2. The molecule has 158 valence electrons. The molecule has 4 rings (SSSR count). The summed E-state index contributed by atoms with van der Waals surface area (Å²) >= 11 is 0. The number of amides is 1. The van der Waals surface area contributed by atoms with Crippen LogP contribution >= 0.6 is 0 Å². The molecule has 0 bridgehead atoms. The number of hydrogen-bond acceptors (Lipinski definition) is 6. The van der Waals surface area contributed by atoms with E-state index in [0.717, 1.165) is 17.1 Å². The van der Waals surface area contributed by atoms with Gasteiger partial charge >= 0.3 is 6.09 Å². The molecule has 1 amide bonds. The van der Waals surface area contributed by atoms with Crippen LogP contribution in [0.5, 0.6) is 0 Å². The van der Waals surface area contributed by atoms with Gasteiger partial charge in [-0.05, 0) is 45.0 Å². The number of carbonyl (C=O) groups is 1. The third kappa shape index (κ3) is 4.87. The van der Waals surface area contributed by atoms with Crippen molar-refractivity contribution in [2.24, 2.45) is 0 Å². The largest absolute Gasteiger partial charge is 0.444 e. The number of nitrogens with zero attached hydrogens (tertiary/aromatic N) is 6. The van der Waals surface area contributed by atoms with Crippen LogP contribution in [-0.2, 0) is 4.74 Å². The van der Waals surface area contributed by atoms with Crippen LogP contribution in [-0.4, -0.2) is 70.4 Å². The zero-order valence-electron chi connectivity index (χ0n) is 18.0. The molecule has 0 spiro atoms. The van der Waals surface area contributed by atoms with Crippen molar-refractivity contribution in [1.29, 1.82) is 0 Å². The first-order chi connectivity index (χ1) is 14.8. The SMILES string of the molecule is [B]c1cn(-c2ccc(N3CCN(C(=O)OC(C)(C)C)CC3)nc2)nc1-c1ccncc1. The van der Waals surface area contributed by atoms with Crippen molar-refractivity contribution in [1.82, 2.24) is 24.6 Å². The molecule has 8 nitrogen and oxygen atoms in total. The molecule has 2 radical (unpaired) electrons. The van der Waals surface area contributed by atoms with Gasteiger partial charge in [-0.15, -0.1) is 0 Å². The van der Waals surface area contributed by atoms with Gasteiger partial charge in [-0.2, -0.15) is 5.10 Å². The summed E-state index contributed by atoms with van der Waals surface area (Å²) in [6.07, 6.45) is 6.72. The van der Waals surface area contributed by atoms with E-state index < -0.39 is 5.60 Å². The number of ether oxygens (including phenoxy) is 1. The molecule has 4 heterocycles. The normalized spacial score (nSPS) is 14.5. The fourth-order valence-electron chi connectivity index (χ4n) is 3.40. The van der Waals surface area contributed by atoms with E-state index in [1.165, 1.54) is 0 Å². The summed E-state index contributed by atoms with van der Waals surface area (Å²) in [6, 6.07) is 7.68. The lowest BCUT2D eigenvalue weighted by Gasteiger charge is -2.36. The van der Waals surface area contributed by atoms with Gasteiger partial charge in [-0.3, -0.25) is 4.98 Å². The van der Waals surface area contributed by atoms with Crippen molar-refractivity contribution in [3.8, 4) is 16.9 Å². The van der Waals surface area contributed by atoms with Crippen molar-refractivity contribution in [3.63, 3.8) is 0 Å². The molecule has 1 fully saturated rings. The maximum atomic E-state index is 12.2. The van der Waals surface area contributed by atoms with Crippen LogP contribution in [0.4, 0.5) is 10.6 Å². The maximum absolute atomic E-state index is 12.2. The van der Waals surface area contributed by atoms with Crippen molar-refractivity contribution >= 4 is 25.2 Å². The minimum Gasteiger partial charge on any atom is -0.444 e. The van der Waals surface area contributed by atoms with E-state index in [1.807, 2.05) is 45.0 Å². The van der Waals surface area contributed by atoms with Gasteiger partial charge in [0.1, 0.15) is 19.3 Å². The molecule has 1 aliphatic heterocycles. The monoisotopic (exact) mass is 416 g/mol. The Bertz CT molecular complexity index is 1040. The van der Waals surface area contributed by atoms with E-state index >= 15 is 0 Å². The summed E-state index contributed by atoms with van der Waals surface area (Å²) in [7, 11) is 6.16. The zero-order chi connectivity index (χ0) is 22.0. The molecule has 0 saturated carbocycles. The smallest absolute Gasteiger partial charge is 0.410 e. The Morgan fingerprint density at radius 1 is 1.06 bits per heavy atom. The van der Waals surface area contributed by atoms with Gasteiger partial charge in [0.2, 0.25) is 0 Å². The Morgan fingerprint density at radius 3 is 2.39 bits per heavy atom. The highest BCUT2D eigenvalue weighted by Gasteiger charge is 2.26. The number of aromatic nitrogens is 4. The number of rotatable bonds is 3. The third-order valence-corrected chi connectivity index (χ3v) is 4.95. The summed E-state index contributed by atoms with van der Waals surface area (Å²) < 4.78 is 7.18. The molecule has 0 unspecified atom stereocenters. The molecule has 3 aromatic heterocycles. The lowest BCUT2D eigenvalue weighted by Crippen LogP contribution is -2.50. The van der Waals surface area contributed by atoms with Crippen LogP contribution in [0.25, 0.3) is 16.9 Å². The van der Waals surface area contributed by atoms with Crippen molar-refractivity contribution in [2.45, 2.75) is 26.4 Å². The van der Waals surface area contributed by atoms with Gasteiger partial charge in [0.15, 0.2) is 0 Å². The molecule has 31 heavy (non-hydrogen) atoms. The van der Waals surface area contributed by atoms with Crippen molar-refractivity contribution in [2.75, 3.05) is 31.1 Å². The van der Waals surface area contributed by atoms with E-state index in [9.17, 15) is 4.79 Å². The second kappa shape index (κ2) is 8.41. The van der Waals surface area contributed by atoms with E-state index in [4.69, 9.17) is 12.6 Å². The number of hydrogen-bond donors (Lipinski definition) is 0. The summed E-state index contributed by atoms with van der Waals surface area (Å²) in [4.78, 5) is 24.8. The standard InChI is InChI=1S/C22H25BN6O2/c1-22(2,3)31-21(30)28-12-10-27(11-13-28)19-5-4-17(14-25-19)29-15-18(23)20(26-29)16-6-8-24-9-7-16/h4-9,14-15H,10-13H2,1-3H3. The highest BCUT2D eigenvalue weighted by Crippen LogP contribution is 2.19. The summed E-state index contributed by atoms with van der Waals surface area (Å²) in [5.41, 5.74) is 2.55. The van der Waals surface area contributed by atoms with E-state index in [2.05, 4.69) is 20.0 Å². The molecule has 0 aromatic carbocycles. The summed E-state index contributed by atoms with van der Waals surface area (Å²) in [6.45, 7) is 8.23. The molecule has 1 aliphatic rings. The molecule has 3 aromatic rings. The Kier molecular flexibility index (Phi) is 5.67. The predicted molar refractivity (Wildman–Crippen MR) is 120 cm³/mol. The van der Waals surface area contributed by atoms with Crippen LogP contribution in [0.15, 0.2) is 49.1 Å². The average molecular weight is 416 g/mol. The van der Waals surface area contributed by atoms with Gasteiger partial charge in [-0.25, -0.2) is 14.5 Å². The van der Waals surface area contributed by atoms with Crippen LogP contribution in [0.1, 0.15) is 20.8 Å². The first kappa shape index (κ1) is 20.9. The molecule has 0 aliphatic carbocycles. The fraction of sp³-hybridized carbons (Fsp3) is 0.364. The predicted octanol–water partition coefficient (Wildman–Crippen LogP) is 2.18. The molecule has 1 saturated heterocycles. The van der Waals surface area contributed by atoms with E-state index in [-0.39, 0.29) is 6.09 Å². The lowest BCUT2D eigenvalue weighted by atomic mass is 9.94. The molecule has 9 heteroatoms. The second-order valence-corrected chi connectivity index (χ2v) is 8.44. The molecule has 0 N–H and O–H groups in total. The highest BCUT2D eigenvalue weighted by atomic mass is 16.6. The summed E-state index contributed by atoms with van der Waals surface area (Å²) in [5, 5.41) is 4.60. The fourth-order valence-corrected chi connectivity index (χ4v) is 3.40. The first-order valence-electron chi connectivity index (χ1n) is 10.2. The van der Waals surface area contributed by atoms with E-state index in [0.29, 0.717) is 37.3 Å². The van der Waals surface area contributed by atoms with Crippen LogP contribution in [0, 0.1) is 0 Å². The van der Waals surface area contributed by atoms with Crippen LogP contribution in [0.2, 0.25) is 0 Å². The van der Waals surface area contributed by atoms with Crippen molar-refractivity contribution < 1.29 is 9.53 Å². The van der Waals surface area contributed by atoms with Crippen LogP contribution < -0.4 is 10.4 Å². The number of pyridine rings is 2. The van der Waals surface area contributed by atoms with Gasteiger partial charge in [0.25, 0.3) is 0 Å². The third-order valence-electron chi connectivity index (χ3n) is 4.95. The Morgan fingerprint density at radius 2 is 1.77 bits per heavy atom. The Hall–Kier alpha value is -3.36.